The zero-order valence-electron chi connectivity index (χ0n) is 13.8. The van der Waals surface area contributed by atoms with Crippen molar-refractivity contribution in [1.29, 1.82) is 0 Å². The number of nitrogens with zero attached hydrogens (tertiary/aromatic N) is 1. The number of pyridine rings is 1. The molecule has 1 amide bonds. The molecule has 4 nitrogen and oxygen atoms in total. The summed E-state index contributed by atoms with van der Waals surface area (Å²) >= 11 is 0. The molecule has 122 valence electrons. The number of carbonyl (C=O) groups is 1. The summed E-state index contributed by atoms with van der Waals surface area (Å²) in [7, 11) is 0. The molecule has 0 aliphatic carbocycles. The highest BCUT2D eigenvalue weighted by Gasteiger charge is 2.20. The lowest BCUT2D eigenvalue weighted by atomic mass is 10.1. The predicted octanol–water partition coefficient (Wildman–Crippen LogP) is 3.58. The quantitative estimate of drug-likeness (QED) is 0.799. The minimum atomic E-state index is -0.236. The van der Waals surface area contributed by atoms with Crippen molar-refractivity contribution in [3.63, 3.8) is 0 Å². The average molecular weight is 320 g/mol. The maximum absolute atomic E-state index is 12.9. The van der Waals surface area contributed by atoms with Gasteiger partial charge in [0.2, 0.25) is 0 Å². The SMILES string of the molecule is CC(C)N(Cc1ccccc1)C(=O)c1cc2ccccc2c(=O)[nH]1. The predicted molar refractivity (Wildman–Crippen MR) is 96.0 cm³/mol. The molecular weight excluding hydrogens is 300 g/mol. The fourth-order valence-electron chi connectivity index (χ4n) is 2.75. The van der Waals surface area contributed by atoms with Gasteiger partial charge in [-0.3, -0.25) is 9.59 Å². The Kier molecular flexibility index (Phi) is 4.47. The van der Waals surface area contributed by atoms with Crippen LogP contribution >= 0.6 is 0 Å². The zero-order valence-corrected chi connectivity index (χ0v) is 13.8. The molecule has 0 fully saturated rings. The first-order valence-corrected chi connectivity index (χ1v) is 8.03. The number of H-pyrrole nitrogens is 1. The largest absolute Gasteiger partial charge is 0.331 e. The molecule has 1 heterocycles. The van der Waals surface area contributed by atoms with Crippen LogP contribution in [0.1, 0.15) is 29.9 Å². The van der Waals surface area contributed by atoms with Gasteiger partial charge in [0.25, 0.3) is 11.5 Å². The van der Waals surface area contributed by atoms with Crippen molar-refractivity contribution < 1.29 is 4.79 Å². The molecule has 0 spiro atoms. The number of fused-ring (bicyclic) bond motifs is 1. The van der Waals surface area contributed by atoms with Crippen LogP contribution in [0.15, 0.2) is 65.5 Å². The number of hydrogen-bond acceptors (Lipinski definition) is 2. The van der Waals surface area contributed by atoms with Crippen LogP contribution in [0.2, 0.25) is 0 Å². The van der Waals surface area contributed by atoms with Gasteiger partial charge in [-0.25, -0.2) is 0 Å². The minimum absolute atomic E-state index is 0.0210. The Bertz CT molecular complexity index is 914. The fraction of sp³-hybridized carbons (Fsp3) is 0.200. The molecule has 1 N–H and O–H groups in total. The summed E-state index contributed by atoms with van der Waals surface area (Å²) in [6.45, 7) is 4.45. The van der Waals surface area contributed by atoms with Gasteiger partial charge in [-0.05, 0) is 36.9 Å². The van der Waals surface area contributed by atoms with Crippen LogP contribution in [0.25, 0.3) is 10.8 Å². The Morgan fingerprint density at radius 1 is 1.04 bits per heavy atom. The minimum Gasteiger partial charge on any atom is -0.331 e. The second-order valence-electron chi connectivity index (χ2n) is 6.11. The number of aromatic nitrogens is 1. The third-order valence-electron chi connectivity index (χ3n) is 4.06. The van der Waals surface area contributed by atoms with Crippen molar-refractivity contribution in [2.45, 2.75) is 26.4 Å². The molecule has 0 aliphatic rings. The molecule has 0 atom stereocenters. The number of aromatic amines is 1. The van der Waals surface area contributed by atoms with Crippen molar-refractivity contribution in [1.82, 2.24) is 9.88 Å². The van der Waals surface area contributed by atoms with Crippen molar-refractivity contribution in [3.8, 4) is 0 Å². The van der Waals surface area contributed by atoms with E-state index in [0.29, 0.717) is 17.6 Å². The molecule has 24 heavy (non-hydrogen) atoms. The highest BCUT2D eigenvalue weighted by molar-refractivity contribution is 5.96. The number of rotatable bonds is 4. The second kappa shape index (κ2) is 6.71. The molecule has 0 bridgehead atoms. The molecule has 4 heteroatoms. The summed E-state index contributed by atoms with van der Waals surface area (Å²) in [5.74, 6) is -0.170. The van der Waals surface area contributed by atoms with Crippen LogP contribution in [0.5, 0.6) is 0 Å². The molecular formula is C20H20N2O2. The van der Waals surface area contributed by atoms with E-state index in [-0.39, 0.29) is 17.5 Å². The molecule has 2 aromatic carbocycles. The summed E-state index contributed by atoms with van der Waals surface area (Å²) < 4.78 is 0. The standard InChI is InChI=1S/C20H20N2O2/c1-14(2)22(13-15-8-4-3-5-9-15)20(24)18-12-16-10-6-7-11-17(16)19(23)21-18/h3-12,14H,13H2,1-2H3,(H,21,23). The van der Waals surface area contributed by atoms with Crippen LogP contribution < -0.4 is 5.56 Å². The Morgan fingerprint density at radius 2 is 1.71 bits per heavy atom. The van der Waals surface area contributed by atoms with Gasteiger partial charge in [-0.15, -0.1) is 0 Å². The smallest absolute Gasteiger partial charge is 0.270 e. The maximum atomic E-state index is 12.9. The summed E-state index contributed by atoms with van der Waals surface area (Å²) in [6.07, 6.45) is 0. The number of carbonyl (C=O) groups excluding carboxylic acids is 1. The third kappa shape index (κ3) is 3.23. The van der Waals surface area contributed by atoms with E-state index in [2.05, 4.69) is 4.98 Å². The summed E-state index contributed by atoms with van der Waals surface area (Å²) in [5, 5.41) is 1.36. The number of nitrogens with one attached hydrogen (secondary N) is 1. The lowest BCUT2D eigenvalue weighted by molar-refractivity contribution is 0.0684. The van der Waals surface area contributed by atoms with Gasteiger partial charge in [0.1, 0.15) is 5.69 Å². The van der Waals surface area contributed by atoms with E-state index in [1.807, 2.05) is 62.4 Å². The van der Waals surface area contributed by atoms with Crippen LogP contribution in [-0.2, 0) is 6.54 Å². The average Bonchev–Trinajstić information content (AvgIpc) is 2.60. The number of amides is 1. The van der Waals surface area contributed by atoms with E-state index >= 15 is 0 Å². The summed E-state index contributed by atoms with van der Waals surface area (Å²) in [4.78, 5) is 29.7. The highest BCUT2D eigenvalue weighted by atomic mass is 16.2. The monoisotopic (exact) mass is 320 g/mol. The Balaban J connectivity index is 1.97. The fourth-order valence-corrected chi connectivity index (χ4v) is 2.75. The molecule has 0 saturated heterocycles. The highest BCUT2D eigenvalue weighted by Crippen LogP contribution is 2.15. The lowest BCUT2D eigenvalue weighted by Crippen LogP contribution is -2.37. The van der Waals surface area contributed by atoms with Crippen molar-refractivity contribution in [2.24, 2.45) is 0 Å². The Morgan fingerprint density at radius 3 is 2.42 bits per heavy atom. The van der Waals surface area contributed by atoms with E-state index in [4.69, 9.17) is 0 Å². The lowest BCUT2D eigenvalue weighted by Gasteiger charge is -2.27. The molecule has 3 rings (SSSR count). The van der Waals surface area contributed by atoms with Crippen LogP contribution in [0, 0.1) is 0 Å². The molecule has 0 saturated carbocycles. The first kappa shape index (κ1) is 16.0. The number of hydrogen-bond donors (Lipinski definition) is 1. The van der Waals surface area contributed by atoms with Gasteiger partial charge in [0.05, 0.1) is 0 Å². The van der Waals surface area contributed by atoms with E-state index in [1.54, 1.807) is 17.0 Å². The summed E-state index contributed by atoms with van der Waals surface area (Å²) in [5.41, 5.74) is 1.14. The van der Waals surface area contributed by atoms with Crippen LogP contribution in [0.3, 0.4) is 0 Å². The first-order valence-electron chi connectivity index (χ1n) is 8.03. The normalized spacial score (nSPS) is 11.0. The summed E-state index contributed by atoms with van der Waals surface area (Å²) in [6, 6.07) is 18.9. The molecule has 3 aromatic rings. The third-order valence-corrected chi connectivity index (χ3v) is 4.06. The van der Waals surface area contributed by atoms with Gasteiger partial charge in [0, 0.05) is 18.0 Å². The van der Waals surface area contributed by atoms with E-state index in [0.717, 1.165) is 10.9 Å². The van der Waals surface area contributed by atoms with Gasteiger partial charge in [0.15, 0.2) is 0 Å². The van der Waals surface area contributed by atoms with E-state index < -0.39 is 0 Å². The number of benzene rings is 2. The second-order valence-corrected chi connectivity index (χ2v) is 6.11. The van der Waals surface area contributed by atoms with Gasteiger partial charge < -0.3 is 9.88 Å². The van der Waals surface area contributed by atoms with Gasteiger partial charge in [-0.1, -0.05) is 48.5 Å². The Hall–Kier alpha value is -2.88. The van der Waals surface area contributed by atoms with Crippen molar-refractivity contribution in [2.75, 3.05) is 0 Å². The molecule has 0 radical (unpaired) electrons. The topological polar surface area (TPSA) is 53.2 Å². The van der Waals surface area contributed by atoms with Crippen LogP contribution in [-0.4, -0.2) is 21.8 Å². The zero-order chi connectivity index (χ0) is 17.1. The van der Waals surface area contributed by atoms with Crippen molar-refractivity contribution >= 4 is 16.7 Å². The van der Waals surface area contributed by atoms with Gasteiger partial charge in [-0.2, -0.15) is 0 Å². The first-order chi connectivity index (χ1) is 11.6. The van der Waals surface area contributed by atoms with Crippen molar-refractivity contribution in [3.05, 3.63) is 82.3 Å². The maximum Gasteiger partial charge on any atom is 0.270 e. The van der Waals surface area contributed by atoms with Crippen LogP contribution in [0.4, 0.5) is 0 Å². The molecule has 0 aliphatic heterocycles. The van der Waals surface area contributed by atoms with E-state index in [1.165, 1.54) is 0 Å². The van der Waals surface area contributed by atoms with E-state index in [9.17, 15) is 9.59 Å². The Labute approximate surface area is 140 Å². The molecule has 1 aromatic heterocycles. The van der Waals surface area contributed by atoms with Gasteiger partial charge >= 0.3 is 0 Å². The molecule has 0 unspecified atom stereocenters.